The fraction of sp³-hybridized carbons (Fsp3) is 0.552. The quantitative estimate of drug-likeness (QED) is 0.404. The molecule has 2 aromatic rings. The van der Waals surface area contributed by atoms with Gasteiger partial charge < -0.3 is 34.3 Å². The molecule has 3 heterocycles. The van der Waals surface area contributed by atoms with Gasteiger partial charge in [-0.05, 0) is 62.7 Å². The highest BCUT2D eigenvalue weighted by molar-refractivity contribution is 7.89. The third kappa shape index (κ3) is 7.02. The van der Waals surface area contributed by atoms with Crippen LogP contribution in [0.1, 0.15) is 18.4 Å². The Balaban J connectivity index is 1.35. The number of hydrogen-bond donors (Lipinski definition) is 2. The molecule has 12 heteroatoms. The van der Waals surface area contributed by atoms with E-state index in [-0.39, 0.29) is 42.7 Å². The van der Waals surface area contributed by atoms with E-state index in [2.05, 4.69) is 10.2 Å². The molecule has 6 atom stereocenters. The molecule has 5 rings (SSSR count). The van der Waals surface area contributed by atoms with E-state index >= 15 is 0 Å². The van der Waals surface area contributed by atoms with Gasteiger partial charge in [0.05, 0.1) is 43.3 Å². The molecule has 0 aliphatic carbocycles. The van der Waals surface area contributed by atoms with E-state index in [1.54, 1.807) is 12.1 Å². The Kier molecular flexibility index (Phi) is 9.47. The predicted molar refractivity (Wildman–Crippen MR) is 150 cm³/mol. The summed E-state index contributed by atoms with van der Waals surface area (Å²) in [6, 6.07) is 14.5. The van der Waals surface area contributed by atoms with Gasteiger partial charge in [0.2, 0.25) is 10.0 Å². The molecule has 2 aromatic carbocycles. The number of nitrogens with zero attached hydrogens (tertiary/aromatic N) is 2. The lowest BCUT2D eigenvalue weighted by Crippen LogP contribution is -2.53. The molecule has 1 amide bonds. The average molecular weight is 590 g/mol. The number of fused-ring (bicyclic) bond motifs is 1. The first-order valence-corrected chi connectivity index (χ1v) is 15.5. The highest BCUT2D eigenvalue weighted by Gasteiger charge is 2.44. The van der Waals surface area contributed by atoms with E-state index in [1.165, 1.54) is 23.5 Å². The zero-order chi connectivity index (χ0) is 29.0. The second-order valence-electron chi connectivity index (χ2n) is 10.9. The number of likely N-dealkylation sites (N-methyl/N-ethyl adjacent to an activating group) is 1. The number of methoxy groups -OCH3 is 1. The van der Waals surface area contributed by atoms with Gasteiger partial charge in [-0.15, -0.1) is 0 Å². The Labute approximate surface area is 241 Å². The van der Waals surface area contributed by atoms with Crippen LogP contribution in [0.4, 0.5) is 4.79 Å². The number of sulfonamides is 1. The minimum Gasteiger partial charge on any atom is -0.497 e. The van der Waals surface area contributed by atoms with Crippen molar-refractivity contribution in [3.8, 4) is 5.75 Å². The van der Waals surface area contributed by atoms with Gasteiger partial charge in [0.25, 0.3) is 0 Å². The van der Waals surface area contributed by atoms with Crippen molar-refractivity contribution in [1.29, 1.82) is 0 Å². The summed E-state index contributed by atoms with van der Waals surface area (Å²) >= 11 is 0. The molecular weight excluding hydrogens is 550 g/mol. The summed E-state index contributed by atoms with van der Waals surface area (Å²) in [7, 11) is -0.514. The topological polar surface area (TPSA) is 127 Å². The summed E-state index contributed by atoms with van der Waals surface area (Å²) in [5.74, 6) is 0.521. The van der Waals surface area contributed by atoms with Crippen molar-refractivity contribution in [3.05, 3.63) is 60.2 Å². The van der Waals surface area contributed by atoms with Crippen LogP contribution in [-0.2, 0) is 30.7 Å². The summed E-state index contributed by atoms with van der Waals surface area (Å²) < 4.78 is 51.2. The molecule has 3 fully saturated rings. The molecule has 224 valence electrons. The zero-order valence-corrected chi connectivity index (χ0v) is 24.2. The maximum absolute atomic E-state index is 13.9. The molecule has 3 aliphatic rings. The molecule has 0 aromatic heterocycles. The van der Waals surface area contributed by atoms with Crippen molar-refractivity contribution < 1.29 is 37.3 Å². The number of alkyl carbamates (subject to hydrolysis) is 1. The Hall–Kier alpha value is -2.74. The monoisotopic (exact) mass is 589 g/mol. The van der Waals surface area contributed by atoms with Crippen LogP contribution in [0.5, 0.6) is 5.75 Å². The van der Waals surface area contributed by atoms with Crippen LogP contribution in [-0.4, -0.2) is 106 Å². The van der Waals surface area contributed by atoms with Crippen molar-refractivity contribution in [2.24, 2.45) is 5.92 Å². The second-order valence-corrected chi connectivity index (χ2v) is 12.8. The van der Waals surface area contributed by atoms with Gasteiger partial charge in [0.15, 0.2) is 6.29 Å². The summed E-state index contributed by atoms with van der Waals surface area (Å²) in [6.07, 6.45) is -1.05. The van der Waals surface area contributed by atoms with Crippen molar-refractivity contribution in [3.63, 3.8) is 0 Å². The highest BCUT2D eigenvalue weighted by atomic mass is 32.2. The molecule has 11 nitrogen and oxygen atoms in total. The van der Waals surface area contributed by atoms with Crippen LogP contribution in [0.15, 0.2) is 59.5 Å². The zero-order valence-electron chi connectivity index (χ0n) is 23.4. The van der Waals surface area contributed by atoms with Gasteiger partial charge >= 0.3 is 6.09 Å². The lowest BCUT2D eigenvalue weighted by molar-refractivity contribution is -0.0907. The molecule has 3 unspecified atom stereocenters. The SMILES string of the molecule is COc1ccc(S(=O)(=O)N(C[C@@H](O)[C@H](Cc2ccccc2)NC(=O)OC2CO[C@H]3OCCC23)C2CCN(C)C2)cc1. The van der Waals surface area contributed by atoms with Gasteiger partial charge in [0, 0.05) is 19.1 Å². The molecule has 41 heavy (non-hydrogen) atoms. The van der Waals surface area contributed by atoms with E-state index in [0.717, 1.165) is 18.5 Å². The van der Waals surface area contributed by atoms with Gasteiger partial charge in [0.1, 0.15) is 11.9 Å². The Morgan fingerprint density at radius 3 is 2.59 bits per heavy atom. The largest absolute Gasteiger partial charge is 0.497 e. The van der Waals surface area contributed by atoms with Gasteiger partial charge in [-0.1, -0.05) is 30.3 Å². The Morgan fingerprint density at radius 2 is 1.90 bits per heavy atom. The van der Waals surface area contributed by atoms with E-state index in [0.29, 0.717) is 25.3 Å². The minimum absolute atomic E-state index is 0.0252. The summed E-state index contributed by atoms with van der Waals surface area (Å²) in [4.78, 5) is 15.2. The third-order valence-corrected chi connectivity index (χ3v) is 10.0. The first kappa shape index (κ1) is 29.7. The molecule has 0 radical (unpaired) electrons. The predicted octanol–water partition coefficient (Wildman–Crippen LogP) is 1.85. The van der Waals surface area contributed by atoms with Crippen LogP contribution < -0.4 is 10.1 Å². The number of benzene rings is 2. The maximum Gasteiger partial charge on any atom is 0.407 e. The highest BCUT2D eigenvalue weighted by Crippen LogP contribution is 2.33. The number of ether oxygens (including phenoxy) is 4. The van der Waals surface area contributed by atoms with Crippen LogP contribution in [0.25, 0.3) is 0 Å². The molecule has 2 N–H and O–H groups in total. The van der Waals surface area contributed by atoms with Crippen LogP contribution in [0.2, 0.25) is 0 Å². The van der Waals surface area contributed by atoms with Gasteiger partial charge in [-0.25, -0.2) is 13.2 Å². The third-order valence-electron chi connectivity index (χ3n) is 8.12. The van der Waals surface area contributed by atoms with Crippen molar-refractivity contribution >= 4 is 16.1 Å². The van der Waals surface area contributed by atoms with Crippen LogP contribution >= 0.6 is 0 Å². The summed E-state index contributed by atoms with van der Waals surface area (Å²) in [5, 5.41) is 14.4. The lowest BCUT2D eigenvalue weighted by atomic mass is 10.0. The molecule has 0 spiro atoms. The number of amides is 1. The number of carbonyl (C=O) groups is 1. The first-order valence-electron chi connectivity index (χ1n) is 14.0. The molecule has 3 aliphatic heterocycles. The average Bonchev–Trinajstić information content (AvgIpc) is 3.71. The smallest absolute Gasteiger partial charge is 0.407 e. The Bertz CT molecular complexity index is 1260. The van der Waals surface area contributed by atoms with Crippen LogP contribution in [0, 0.1) is 5.92 Å². The molecule has 0 bridgehead atoms. The number of carbonyl (C=O) groups excluding carboxylic acids is 1. The normalized spacial score (nSPS) is 26.0. The number of rotatable bonds is 11. The molecule has 0 saturated carbocycles. The van der Waals surface area contributed by atoms with Gasteiger partial charge in [-0.2, -0.15) is 4.31 Å². The Morgan fingerprint density at radius 1 is 1.15 bits per heavy atom. The molecular formula is C29H39N3O8S. The van der Waals surface area contributed by atoms with E-state index in [4.69, 9.17) is 18.9 Å². The lowest BCUT2D eigenvalue weighted by Gasteiger charge is -2.33. The fourth-order valence-electron chi connectivity index (χ4n) is 5.81. The second kappa shape index (κ2) is 13.1. The number of likely N-dealkylation sites (tertiary alicyclic amines) is 1. The fourth-order valence-corrected chi connectivity index (χ4v) is 7.47. The van der Waals surface area contributed by atoms with Crippen molar-refractivity contribution in [1.82, 2.24) is 14.5 Å². The van der Waals surface area contributed by atoms with Gasteiger partial charge in [-0.3, -0.25) is 0 Å². The number of hydrogen-bond acceptors (Lipinski definition) is 9. The summed E-state index contributed by atoms with van der Waals surface area (Å²) in [5.41, 5.74) is 0.885. The van der Waals surface area contributed by atoms with Crippen LogP contribution in [0.3, 0.4) is 0 Å². The summed E-state index contributed by atoms with van der Waals surface area (Å²) in [6.45, 7) is 1.88. The van der Waals surface area contributed by atoms with E-state index in [1.807, 2.05) is 37.4 Å². The van der Waals surface area contributed by atoms with E-state index < -0.39 is 34.4 Å². The minimum atomic E-state index is -3.97. The van der Waals surface area contributed by atoms with E-state index in [9.17, 15) is 18.3 Å². The maximum atomic E-state index is 13.9. The molecule has 3 saturated heterocycles. The first-order chi connectivity index (χ1) is 19.7. The standard InChI is InChI=1S/C29H39N3O8S/c1-31-14-12-21(17-31)32(41(35,36)23-10-8-22(37-2)9-11-23)18-26(33)25(16-20-6-4-3-5-7-20)30-29(34)40-27-19-39-28-24(27)13-15-38-28/h3-11,21,24-28,33H,12-19H2,1-2H3,(H,30,34)/t21?,24?,25-,26+,27?,28+/m0/s1. The van der Waals surface area contributed by atoms with Crippen molar-refractivity contribution in [2.75, 3.05) is 47.0 Å². The number of nitrogens with one attached hydrogen (secondary N) is 1. The van der Waals surface area contributed by atoms with Crippen molar-refractivity contribution in [2.45, 2.75) is 54.7 Å². The number of aliphatic hydroxyl groups excluding tert-OH is 1. The number of aliphatic hydroxyl groups is 1.